The maximum atomic E-state index is 12.3. The molecule has 2 atom stereocenters. The van der Waals surface area contributed by atoms with Gasteiger partial charge < -0.3 is 10.2 Å². The van der Waals surface area contributed by atoms with Crippen molar-refractivity contribution >= 4 is 33.0 Å². The van der Waals surface area contributed by atoms with Crippen molar-refractivity contribution in [3.63, 3.8) is 0 Å². The van der Waals surface area contributed by atoms with Gasteiger partial charge in [0.1, 0.15) is 4.21 Å². The molecular formula is C21H29N3O3S2. The van der Waals surface area contributed by atoms with E-state index in [2.05, 4.69) is 28.8 Å². The van der Waals surface area contributed by atoms with E-state index in [-0.39, 0.29) is 10.1 Å². The van der Waals surface area contributed by atoms with Crippen LogP contribution in [0.1, 0.15) is 37.0 Å². The fourth-order valence-electron chi connectivity index (χ4n) is 3.89. The number of nitrogens with one attached hydrogen (secondary N) is 2. The molecule has 6 nitrogen and oxygen atoms in total. The number of sulfonamides is 1. The first-order valence-corrected chi connectivity index (χ1v) is 12.4. The highest BCUT2D eigenvalue weighted by Crippen LogP contribution is 2.21. The lowest BCUT2D eigenvalue weighted by Crippen LogP contribution is -2.40. The SMILES string of the molecule is CC1CC(C)CN(CCCNC(=O)c2ccc(NS(=O)(=O)c3cccs3)cc2)C1. The summed E-state index contributed by atoms with van der Waals surface area (Å²) in [6, 6.07) is 9.73. The Labute approximate surface area is 177 Å². The number of hydrogen-bond donors (Lipinski definition) is 2. The van der Waals surface area contributed by atoms with Crippen LogP contribution >= 0.6 is 11.3 Å². The van der Waals surface area contributed by atoms with Crippen molar-refractivity contribution in [1.82, 2.24) is 10.2 Å². The summed E-state index contributed by atoms with van der Waals surface area (Å²) >= 11 is 1.16. The molecule has 2 heterocycles. The van der Waals surface area contributed by atoms with Gasteiger partial charge >= 0.3 is 0 Å². The number of anilines is 1. The molecule has 0 radical (unpaired) electrons. The fraction of sp³-hybridized carbons (Fsp3) is 0.476. The molecule has 8 heteroatoms. The molecule has 2 N–H and O–H groups in total. The molecule has 3 rings (SSSR count). The number of nitrogens with zero attached hydrogens (tertiary/aromatic N) is 1. The van der Waals surface area contributed by atoms with Crippen LogP contribution in [-0.4, -0.2) is 45.4 Å². The Morgan fingerprint density at radius 3 is 2.45 bits per heavy atom. The molecule has 1 saturated heterocycles. The minimum Gasteiger partial charge on any atom is -0.352 e. The second-order valence-corrected chi connectivity index (χ2v) is 10.8. The smallest absolute Gasteiger partial charge is 0.271 e. The summed E-state index contributed by atoms with van der Waals surface area (Å²) in [5.41, 5.74) is 0.951. The van der Waals surface area contributed by atoms with Crippen molar-refractivity contribution in [3.05, 3.63) is 47.3 Å². The number of likely N-dealkylation sites (tertiary alicyclic amines) is 1. The van der Waals surface area contributed by atoms with Gasteiger partial charge in [-0.1, -0.05) is 19.9 Å². The molecule has 158 valence electrons. The summed E-state index contributed by atoms with van der Waals surface area (Å²) in [7, 11) is -3.58. The van der Waals surface area contributed by atoms with Crippen LogP contribution in [0.2, 0.25) is 0 Å². The average Bonchev–Trinajstić information content (AvgIpc) is 3.20. The van der Waals surface area contributed by atoms with Gasteiger partial charge in [0.2, 0.25) is 0 Å². The van der Waals surface area contributed by atoms with Crippen molar-refractivity contribution in [1.29, 1.82) is 0 Å². The van der Waals surface area contributed by atoms with E-state index in [4.69, 9.17) is 0 Å². The van der Waals surface area contributed by atoms with E-state index in [1.807, 2.05) is 0 Å². The highest BCUT2D eigenvalue weighted by atomic mass is 32.2. The van der Waals surface area contributed by atoms with Crippen LogP contribution in [0.5, 0.6) is 0 Å². The Kier molecular flexibility index (Phi) is 7.32. The first-order chi connectivity index (χ1) is 13.8. The fourth-order valence-corrected chi connectivity index (χ4v) is 5.94. The number of carbonyl (C=O) groups excluding carboxylic acids is 1. The first kappa shape index (κ1) is 21.8. The van der Waals surface area contributed by atoms with Crippen LogP contribution in [0.3, 0.4) is 0 Å². The van der Waals surface area contributed by atoms with E-state index in [9.17, 15) is 13.2 Å². The maximum absolute atomic E-state index is 12.3. The molecule has 1 fully saturated rings. The summed E-state index contributed by atoms with van der Waals surface area (Å²) < 4.78 is 27.3. The molecule has 0 bridgehead atoms. The van der Waals surface area contributed by atoms with Gasteiger partial charge in [-0.05, 0) is 66.9 Å². The molecule has 2 aromatic rings. The quantitative estimate of drug-likeness (QED) is 0.621. The number of carbonyl (C=O) groups is 1. The summed E-state index contributed by atoms with van der Waals surface area (Å²) in [6.45, 7) is 8.51. The molecule has 1 aliphatic rings. The van der Waals surface area contributed by atoms with Crippen LogP contribution < -0.4 is 10.0 Å². The standard InChI is InChI=1S/C21H29N3O3S2/c1-16-13-17(2)15-24(14-16)11-4-10-22-21(25)18-6-8-19(9-7-18)23-29(26,27)20-5-3-12-28-20/h3,5-9,12,16-17,23H,4,10-11,13-15H2,1-2H3,(H,22,25). The zero-order valence-corrected chi connectivity index (χ0v) is 18.6. The Morgan fingerprint density at radius 2 is 1.83 bits per heavy atom. The van der Waals surface area contributed by atoms with Crippen molar-refractivity contribution in [2.24, 2.45) is 11.8 Å². The largest absolute Gasteiger partial charge is 0.352 e. The Hall–Kier alpha value is -1.90. The lowest BCUT2D eigenvalue weighted by atomic mass is 9.92. The van der Waals surface area contributed by atoms with Crippen LogP contribution in [0.15, 0.2) is 46.0 Å². The summed E-state index contributed by atoms with van der Waals surface area (Å²) in [4.78, 5) is 14.8. The predicted octanol–water partition coefficient (Wildman–Crippen LogP) is 3.65. The Morgan fingerprint density at radius 1 is 1.14 bits per heavy atom. The molecule has 0 aliphatic carbocycles. The van der Waals surface area contributed by atoms with Gasteiger partial charge in [0.25, 0.3) is 15.9 Å². The zero-order chi connectivity index (χ0) is 20.9. The van der Waals surface area contributed by atoms with Crippen molar-refractivity contribution < 1.29 is 13.2 Å². The van der Waals surface area contributed by atoms with E-state index in [0.717, 1.165) is 49.2 Å². The molecule has 0 spiro atoms. The number of piperidine rings is 1. The third-order valence-electron chi connectivity index (χ3n) is 5.04. The van der Waals surface area contributed by atoms with Crippen molar-refractivity contribution in [3.8, 4) is 0 Å². The lowest BCUT2D eigenvalue weighted by Gasteiger charge is -2.34. The van der Waals surface area contributed by atoms with Gasteiger partial charge in [-0.3, -0.25) is 9.52 Å². The lowest BCUT2D eigenvalue weighted by molar-refractivity contribution is 0.0947. The van der Waals surface area contributed by atoms with E-state index in [0.29, 0.717) is 17.8 Å². The first-order valence-electron chi connectivity index (χ1n) is 10.0. The normalized spacial score (nSPS) is 20.3. The summed E-state index contributed by atoms with van der Waals surface area (Å²) in [5, 5.41) is 4.67. The van der Waals surface area contributed by atoms with E-state index < -0.39 is 10.0 Å². The highest BCUT2D eigenvalue weighted by molar-refractivity contribution is 7.94. The second-order valence-electron chi connectivity index (χ2n) is 7.93. The maximum Gasteiger partial charge on any atom is 0.271 e. The van der Waals surface area contributed by atoms with Crippen molar-refractivity contribution in [2.45, 2.75) is 30.9 Å². The molecule has 1 amide bonds. The van der Waals surface area contributed by atoms with Gasteiger partial charge in [-0.15, -0.1) is 11.3 Å². The third-order valence-corrected chi connectivity index (χ3v) is 7.82. The van der Waals surface area contributed by atoms with Gasteiger partial charge in [0.05, 0.1) is 0 Å². The Bertz CT molecular complexity index is 886. The third kappa shape index (κ3) is 6.29. The topological polar surface area (TPSA) is 78.5 Å². The van der Waals surface area contributed by atoms with Gasteiger partial charge in [-0.25, -0.2) is 8.42 Å². The minimum atomic E-state index is -3.58. The van der Waals surface area contributed by atoms with E-state index in [1.54, 1.807) is 41.8 Å². The molecule has 1 aromatic carbocycles. The number of thiophene rings is 1. The van der Waals surface area contributed by atoms with Gasteiger partial charge in [-0.2, -0.15) is 0 Å². The van der Waals surface area contributed by atoms with E-state index >= 15 is 0 Å². The monoisotopic (exact) mass is 435 g/mol. The van der Waals surface area contributed by atoms with Crippen LogP contribution in [-0.2, 0) is 10.0 Å². The minimum absolute atomic E-state index is 0.141. The zero-order valence-electron chi connectivity index (χ0n) is 16.9. The molecule has 1 aromatic heterocycles. The van der Waals surface area contributed by atoms with Crippen molar-refractivity contribution in [2.75, 3.05) is 30.9 Å². The van der Waals surface area contributed by atoms with Crippen LogP contribution in [0.4, 0.5) is 5.69 Å². The second kappa shape index (κ2) is 9.73. The molecule has 1 aliphatic heterocycles. The predicted molar refractivity (Wildman–Crippen MR) is 118 cm³/mol. The number of hydrogen-bond acceptors (Lipinski definition) is 5. The molecule has 0 saturated carbocycles. The number of rotatable bonds is 8. The average molecular weight is 436 g/mol. The summed E-state index contributed by atoms with van der Waals surface area (Å²) in [5.74, 6) is 1.34. The van der Waals surface area contributed by atoms with Crippen LogP contribution in [0.25, 0.3) is 0 Å². The van der Waals surface area contributed by atoms with Gasteiger partial charge in [0, 0.05) is 30.9 Å². The Balaban J connectivity index is 1.44. The van der Waals surface area contributed by atoms with Gasteiger partial charge in [0.15, 0.2) is 0 Å². The number of amides is 1. The molecule has 2 unspecified atom stereocenters. The molecular weight excluding hydrogens is 406 g/mol. The number of benzene rings is 1. The highest BCUT2D eigenvalue weighted by Gasteiger charge is 2.21. The van der Waals surface area contributed by atoms with Crippen LogP contribution in [0, 0.1) is 11.8 Å². The van der Waals surface area contributed by atoms with E-state index in [1.165, 1.54) is 6.42 Å². The molecule has 29 heavy (non-hydrogen) atoms. The summed E-state index contributed by atoms with van der Waals surface area (Å²) in [6.07, 6.45) is 2.22.